The number of benzene rings is 1. The zero-order valence-corrected chi connectivity index (χ0v) is 16.2. The Labute approximate surface area is 159 Å². The number of carbonyl (C=O) groups excluding carboxylic acids is 1. The Morgan fingerprint density at radius 3 is 2.77 bits per heavy atom. The zero-order chi connectivity index (χ0) is 18.9. The van der Waals surface area contributed by atoms with Crippen LogP contribution in [0.25, 0.3) is 0 Å². The number of hydrogen-bond donors (Lipinski definition) is 1. The van der Waals surface area contributed by atoms with Gasteiger partial charge in [-0.15, -0.1) is 0 Å². The molecule has 1 heterocycles. The zero-order valence-electron chi connectivity index (χ0n) is 15.4. The number of halogens is 1. The summed E-state index contributed by atoms with van der Waals surface area (Å²) < 4.78 is 11.4. The van der Waals surface area contributed by atoms with Crippen LogP contribution in [0.15, 0.2) is 36.7 Å². The molecule has 1 aromatic heterocycles. The maximum atomic E-state index is 12.6. The summed E-state index contributed by atoms with van der Waals surface area (Å²) in [5, 5.41) is 3.31. The molecule has 1 N–H and O–H groups in total. The summed E-state index contributed by atoms with van der Waals surface area (Å²) in [6.07, 6.45) is 5.37. The molecule has 2 rings (SSSR count). The van der Waals surface area contributed by atoms with Crippen molar-refractivity contribution in [3.05, 3.63) is 52.8 Å². The van der Waals surface area contributed by atoms with Crippen LogP contribution >= 0.6 is 11.6 Å². The fourth-order valence-electron chi connectivity index (χ4n) is 2.42. The number of amides is 1. The Hall–Kier alpha value is -2.27. The van der Waals surface area contributed by atoms with Gasteiger partial charge in [-0.2, -0.15) is 0 Å². The van der Waals surface area contributed by atoms with Crippen molar-refractivity contribution < 1.29 is 14.3 Å². The average Bonchev–Trinajstić information content (AvgIpc) is 2.64. The topological polar surface area (TPSA) is 60.5 Å². The van der Waals surface area contributed by atoms with E-state index in [-0.39, 0.29) is 11.9 Å². The second-order valence-electron chi connectivity index (χ2n) is 5.90. The second kappa shape index (κ2) is 10.0. The van der Waals surface area contributed by atoms with Crippen molar-refractivity contribution in [1.82, 2.24) is 10.3 Å². The number of hydrogen-bond acceptors (Lipinski definition) is 4. The number of nitrogens with one attached hydrogen (secondary N) is 1. The lowest BCUT2D eigenvalue weighted by Gasteiger charge is -2.17. The first-order valence-electron chi connectivity index (χ1n) is 8.86. The monoisotopic (exact) mass is 376 g/mol. The molecule has 0 saturated carbocycles. The Morgan fingerprint density at radius 2 is 2.12 bits per heavy atom. The van der Waals surface area contributed by atoms with Crippen molar-refractivity contribution in [2.75, 3.05) is 13.2 Å². The van der Waals surface area contributed by atoms with Crippen LogP contribution < -0.4 is 14.8 Å². The van der Waals surface area contributed by atoms with Crippen molar-refractivity contribution in [3.63, 3.8) is 0 Å². The van der Waals surface area contributed by atoms with Crippen LogP contribution in [0.3, 0.4) is 0 Å². The first kappa shape index (κ1) is 20.0. The van der Waals surface area contributed by atoms with E-state index in [0.29, 0.717) is 35.3 Å². The lowest BCUT2D eigenvalue weighted by atomic mass is 10.1. The smallest absolute Gasteiger partial charge is 0.251 e. The van der Waals surface area contributed by atoms with E-state index in [0.717, 1.165) is 18.4 Å². The number of unbranched alkanes of at least 4 members (excludes halogenated alkanes) is 1. The van der Waals surface area contributed by atoms with E-state index in [2.05, 4.69) is 17.2 Å². The molecule has 26 heavy (non-hydrogen) atoms. The lowest BCUT2D eigenvalue weighted by molar-refractivity contribution is 0.0939. The van der Waals surface area contributed by atoms with E-state index in [4.69, 9.17) is 21.1 Å². The van der Waals surface area contributed by atoms with Gasteiger partial charge in [0.05, 0.1) is 24.3 Å². The van der Waals surface area contributed by atoms with Gasteiger partial charge in [0.15, 0.2) is 11.5 Å². The molecule has 0 saturated heterocycles. The third-order valence-electron chi connectivity index (χ3n) is 3.85. The molecule has 0 aliphatic heterocycles. The predicted octanol–water partition coefficient (Wildman–Crippen LogP) is 4.80. The molecular weight excluding hydrogens is 352 g/mol. The fraction of sp³-hybridized carbons (Fsp3) is 0.400. The number of aromatic nitrogens is 1. The first-order valence-corrected chi connectivity index (χ1v) is 9.24. The highest BCUT2D eigenvalue weighted by atomic mass is 35.5. The predicted molar refractivity (Wildman–Crippen MR) is 103 cm³/mol. The Bertz CT molecular complexity index is 722. The van der Waals surface area contributed by atoms with E-state index in [1.54, 1.807) is 24.5 Å². The second-order valence-corrected chi connectivity index (χ2v) is 6.31. The number of nitrogens with zero attached hydrogens (tertiary/aromatic N) is 1. The van der Waals surface area contributed by atoms with E-state index >= 15 is 0 Å². The molecule has 1 aromatic carbocycles. The van der Waals surface area contributed by atoms with Gasteiger partial charge >= 0.3 is 0 Å². The molecule has 1 unspecified atom stereocenters. The van der Waals surface area contributed by atoms with Gasteiger partial charge in [-0.05, 0) is 44.0 Å². The number of carbonyl (C=O) groups is 1. The van der Waals surface area contributed by atoms with Crippen LogP contribution in [-0.2, 0) is 0 Å². The average molecular weight is 377 g/mol. The van der Waals surface area contributed by atoms with Gasteiger partial charge in [0.1, 0.15) is 0 Å². The van der Waals surface area contributed by atoms with Gasteiger partial charge in [-0.25, -0.2) is 0 Å². The van der Waals surface area contributed by atoms with Crippen LogP contribution in [-0.4, -0.2) is 24.1 Å². The largest absolute Gasteiger partial charge is 0.490 e. The molecule has 2 aromatic rings. The minimum absolute atomic E-state index is 0.175. The van der Waals surface area contributed by atoms with Gasteiger partial charge < -0.3 is 14.8 Å². The molecule has 0 fully saturated rings. The molecule has 6 heteroatoms. The highest BCUT2D eigenvalue weighted by Gasteiger charge is 2.18. The summed E-state index contributed by atoms with van der Waals surface area (Å²) in [7, 11) is 0. The molecule has 0 aliphatic rings. The van der Waals surface area contributed by atoms with Crippen molar-refractivity contribution >= 4 is 17.5 Å². The molecule has 140 valence electrons. The highest BCUT2D eigenvalue weighted by Crippen LogP contribution is 2.37. The maximum absolute atomic E-state index is 12.6. The lowest BCUT2D eigenvalue weighted by Crippen LogP contribution is -2.26. The van der Waals surface area contributed by atoms with Crippen LogP contribution in [0.4, 0.5) is 0 Å². The van der Waals surface area contributed by atoms with E-state index in [9.17, 15) is 4.79 Å². The summed E-state index contributed by atoms with van der Waals surface area (Å²) >= 11 is 6.35. The SMILES string of the molecule is CCCCOc1c(Cl)cc(C(=O)NC(C)c2cccnc2)cc1OCC. The summed E-state index contributed by atoms with van der Waals surface area (Å²) in [5.74, 6) is 0.735. The van der Waals surface area contributed by atoms with Crippen LogP contribution in [0.2, 0.25) is 5.02 Å². The van der Waals surface area contributed by atoms with Crippen molar-refractivity contribution in [1.29, 1.82) is 0 Å². The van der Waals surface area contributed by atoms with Gasteiger partial charge in [-0.1, -0.05) is 31.0 Å². The fourth-order valence-corrected chi connectivity index (χ4v) is 2.68. The number of ether oxygens (including phenoxy) is 2. The minimum Gasteiger partial charge on any atom is -0.490 e. The Kier molecular flexibility index (Phi) is 7.73. The van der Waals surface area contributed by atoms with Gasteiger partial charge in [0.25, 0.3) is 5.91 Å². The van der Waals surface area contributed by atoms with Crippen molar-refractivity contribution in [2.24, 2.45) is 0 Å². The molecule has 1 amide bonds. The van der Waals surface area contributed by atoms with Gasteiger partial charge in [-0.3, -0.25) is 9.78 Å². The maximum Gasteiger partial charge on any atom is 0.251 e. The molecule has 1 atom stereocenters. The molecule has 0 radical (unpaired) electrons. The normalized spacial score (nSPS) is 11.7. The molecule has 5 nitrogen and oxygen atoms in total. The molecule has 0 spiro atoms. The van der Waals surface area contributed by atoms with E-state index in [1.807, 2.05) is 26.0 Å². The summed E-state index contributed by atoms with van der Waals surface area (Å²) in [4.78, 5) is 16.7. The number of pyridine rings is 1. The first-order chi connectivity index (χ1) is 12.6. The Balaban J connectivity index is 2.18. The minimum atomic E-state index is -0.232. The number of rotatable bonds is 9. The van der Waals surface area contributed by atoms with Gasteiger partial charge in [0.2, 0.25) is 0 Å². The summed E-state index contributed by atoms with van der Waals surface area (Å²) in [6, 6.07) is 6.86. The molecule has 0 bridgehead atoms. The Morgan fingerprint density at radius 1 is 1.31 bits per heavy atom. The van der Waals surface area contributed by atoms with E-state index in [1.165, 1.54) is 0 Å². The summed E-state index contributed by atoms with van der Waals surface area (Å²) in [5.41, 5.74) is 1.36. The third kappa shape index (κ3) is 5.36. The van der Waals surface area contributed by atoms with E-state index < -0.39 is 0 Å². The molecule has 0 aliphatic carbocycles. The van der Waals surface area contributed by atoms with Crippen molar-refractivity contribution in [2.45, 2.75) is 39.7 Å². The van der Waals surface area contributed by atoms with Crippen LogP contribution in [0.1, 0.15) is 55.6 Å². The summed E-state index contributed by atoms with van der Waals surface area (Å²) in [6.45, 7) is 6.88. The molecular formula is C20H25ClN2O3. The van der Waals surface area contributed by atoms with Crippen LogP contribution in [0.5, 0.6) is 11.5 Å². The highest BCUT2D eigenvalue weighted by molar-refractivity contribution is 6.32. The standard InChI is InChI=1S/C20H25ClN2O3/c1-4-6-10-26-19-17(21)11-16(12-18(19)25-5-2)20(24)23-14(3)15-8-7-9-22-13-15/h7-9,11-14H,4-6,10H2,1-3H3,(H,23,24). The third-order valence-corrected chi connectivity index (χ3v) is 4.13. The quantitative estimate of drug-likeness (QED) is 0.638. The van der Waals surface area contributed by atoms with Crippen LogP contribution in [0, 0.1) is 0 Å². The van der Waals surface area contributed by atoms with Crippen molar-refractivity contribution in [3.8, 4) is 11.5 Å². The van der Waals surface area contributed by atoms with Gasteiger partial charge in [0, 0.05) is 18.0 Å².